The molecule has 0 spiro atoms. The molecule has 0 saturated carbocycles. The van der Waals surface area contributed by atoms with Gasteiger partial charge in [-0.15, -0.1) is 0 Å². The molecule has 0 radical (unpaired) electrons. The van der Waals surface area contributed by atoms with Crippen LogP contribution in [0, 0.1) is 6.92 Å². The van der Waals surface area contributed by atoms with E-state index in [0.29, 0.717) is 6.61 Å². The molecule has 0 fully saturated rings. The van der Waals surface area contributed by atoms with Gasteiger partial charge in [-0.1, -0.05) is 6.07 Å². The van der Waals surface area contributed by atoms with Crippen LogP contribution in [0.15, 0.2) is 42.5 Å². The number of aromatic carboxylic acids is 1. The molecule has 2 rings (SSSR count). The number of carboxylic acid groups (broad SMARTS) is 1. The predicted octanol–water partition coefficient (Wildman–Crippen LogP) is 3.28. The smallest absolute Gasteiger partial charge is 0.335 e. The van der Waals surface area contributed by atoms with Crippen LogP contribution in [0.3, 0.4) is 0 Å². The van der Waals surface area contributed by atoms with Crippen molar-refractivity contribution in [3.05, 3.63) is 59.2 Å². The van der Waals surface area contributed by atoms with Crippen LogP contribution < -0.4 is 9.47 Å². The van der Waals surface area contributed by atoms with Gasteiger partial charge in [0.25, 0.3) is 0 Å². The largest absolute Gasteiger partial charge is 0.497 e. The third-order valence-electron chi connectivity index (χ3n) is 3.04. The van der Waals surface area contributed by atoms with E-state index in [2.05, 4.69) is 0 Å². The van der Waals surface area contributed by atoms with E-state index in [1.54, 1.807) is 25.3 Å². The zero-order chi connectivity index (χ0) is 14.5. The summed E-state index contributed by atoms with van der Waals surface area (Å²) in [5, 5.41) is 8.91. The standard InChI is InChI=1S/C16H16O4/c1-11-9-12(16(17)18)3-4-13(11)10-20-15-7-5-14(19-2)6-8-15/h3-9H,10H2,1-2H3,(H,17,18). The molecule has 20 heavy (non-hydrogen) atoms. The predicted molar refractivity (Wildman–Crippen MR) is 75.5 cm³/mol. The van der Waals surface area contributed by atoms with Crippen molar-refractivity contribution in [1.82, 2.24) is 0 Å². The molecule has 2 aromatic carbocycles. The van der Waals surface area contributed by atoms with E-state index in [0.717, 1.165) is 22.6 Å². The normalized spacial score (nSPS) is 10.1. The Morgan fingerprint density at radius 3 is 2.30 bits per heavy atom. The van der Waals surface area contributed by atoms with Crippen LogP contribution in [0.4, 0.5) is 0 Å². The molecule has 2 aromatic rings. The number of hydrogen-bond donors (Lipinski definition) is 1. The molecule has 0 bridgehead atoms. The molecule has 0 amide bonds. The Morgan fingerprint density at radius 2 is 1.75 bits per heavy atom. The Morgan fingerprint density at radius 1 is 1.10 bits per heavy atom. The van der Waals surface area contributed by atoms with E-state index in [-0.39, 0.29) is 5.56 Å². The summed E-state index contributed by atoms with van der Waals surface area (Å²) < 4.78 is 10.7. The Labute approximate surface area is 117 Å². The van der Waals surface area contributed by atoms with Gasteiger partial charge in [-0.25, -0.2) is 4.79 Å². The van der Waals surface area contributed by atoms with Gasteiger partial charge >= 0.3 is 5.97 Å². The SMILES string of the molecule is COc1ccc(OCc2ccc(C(=O)O)cc2C)cc1. The topological polar surface area (TPSA) is 55.8 Å². The Balaban J connectivity index is 2.04. The lowest BCUT2D eigenvalue weighted by Crippen LogP contribution is -2.01. The summed E-state index contributed by atoms with van der Waals surface area (Å²) in [6.45, 7) is 2.28. The van der Waals surface area contributed by atoms with Gasteiger partial charge < -0.3 is 14.6 Å². The number of hydrogen-bond acceptors (Lipinski definition) is 3. The number of benzene rings is 2. The molecule has 0 aliphatic heterocycles. The van der Waals surface area contributed by atoms with Gasteiger partial charge in [0.1, 0.15) is 18.1 Å². The van der Waals surface area contributed by atoms with Crippen molar-refractivity contribution in [2.75, 3.05) is 7.11 Å². The average Bonchev–Trinajstić information content (AvgIpc) is 2.46. The minimum Gasteiger partial charge on any atom is -0.497 e. The van der Waals surface area contributed by atoms with Gasteiger partial charge in [-0.2, -0.15) is 0 Å². The molecule has 104 valence electrons. The molecule has 4 nitrogen and oxygen atoms in total. The van der Waals surface area contributed by atoms with Gasteiger partial charge in [-0.05, 0) is 54.4 Å². The molecule has 0 aliphatic rings. The van der Waals surface area contributed by atoms with Crippen molar-refractivity contribution in [2.24, 2.45) is 0 Å². The van der Waals surface area contributed by atoms with Crippen LogP contribution in [-0.4, -0.2) is 18.2 Å². The third kappa shape index (κ3) is 3.29. The van der Waals surface area contributed by atoms with Gasteiger partial charge in [-0.3, -0.25) is 0 Å². The Hall–Kier alpha value is -2.49. The summed E-state index contributed by atoms with van der Waals surface area (Å²) in [7, 11) is 1.61. The van der Waals surface area contributed by atoms with E-state index < -0.39 is 5.97 Å². The van der Waals surface area contributed by atoms with Crippen LogP contribution in [0.5, 0.6) is 11.5 Å². The van der Waals surface area contributed by atoms with Crippen LogP contribution >= 0.6 is 0 Å². The maximum Gasteiger partial charge on any atom is 0.335 e. The first-order chi connectivity index (χ1) is 9.60. The van der Waals surface area contributed by atoms with Crippen molar-refractivity contribution in [3.63, 3.8) is 0 Å². The average molecular weight is 272 g/mol. The van der Waals surface area contributed by atoms with E-state index in [9.17, 15) is 4.79 Å². The summed E-state index contributed by atoms with van der Waals surface area (Å²) in [5.41, 5.74) is 2.15. The fraction of sp³-hybridized carbons (Fsp3) is 0.188. The lowest BCUT2D eigenvalue weighted by Gasteiger charge is -2.10. The maximum absolute atomic E-state index is 10.9. The van der Waals surface area contributed by atoms with Crippen molar-refractivity contribution >= 4 is 5.97 Å². The second-order valence-electron chi connectivity index (χ2n) is 4.41. The Bertz CT molecular complexity index is 602. The zero-order valence-corrected chi connectivity index (χ0v) is 11.4. The highest BCUT2D eigenvalue weighted by atomic mass is 16.5. The molecule has 0 unspecified atom stereocenters. The van der Waals surface area contributed by atoms with Gasteiger partial charge in [0, 0.05) is 0 Å². The number of methoxy groups -OCH3 is 1. The lowest BCUT2D eigenvalue weighted by molar-refractivity contribution is 0.0696. The minimum absolute atomic E-state index is 0.288. The molecule has 0 aliphatic carbocycles. The molecule has 0 saturated heterocycles. The summed E-state index contributed by atoms with van der Waals surface area (Å²) >= 11 is 0. The van der Waals surface area contributed by atoms with Crippen LogP contribution in [0.2, 0.25) is 0 Å². The van der Waals surface area contributed by atoms with Crippen LogP contribution in [-0.2, 0) is 6.61 Å². The first kappa shape index (κ1) is 13.9. The molecule has 0 aromatic heterocycles. The summed E-state index contributed by atoms with van der Waals surface area (Å²) in [4.78, 5) is 10.9. The number of carboxylic acids is 1. The highest BCUT2D eigenvalue weighted by Crippen LogP contribution is 2.19. The van der Waals surface area contributed by atoms with Crippen molar-refractivity contribution in [1.29, 1.82) is 0 Å². The minimum atomic E-state index is -0.921. The lowest BCUT2D eigenvalue weighted by atomic mass is 10.1. The molecule has 0 heterocycles. The fourth-order valence-electron chi connectivity index (χ4n) is 1.82. The highest BCUT2D eigenvalue weighted by molar-refractivity contribution is 5.87. The summed E-state index contributed by atoms with van der Waals surface area (Å²) in [6, 6.07) is 12.3. The number of carbonyl (C=O) groups is 1. The van der Waals surface area contributed by atoms with E-state index in [1.165, 1.54) is 0 Å². The van der Waals surface area contributed by atoms with Gasteiger partial charge in [0.2, 0.25) is 0 Å². The maximum atomic E-state index is 10.9. The number of rotatable bonds is 5. The highest BCUT2D eigenvalue weighted by Gasteiger charge is 2.06. The van der Waals surface area contributed by atoms with E-state index >= 15 is 0 Å². The first-order valence-corrected chi connectivity index (χ1v) is 6.20. The monoisotopic (exact) mass is 272 g/mol. The van der Waals surface area contributed by atoms with Crippen molar-refractivity contribution in [3.8, 4) is 11.5 Å². The number of ether oxygens (including phenoxy) is 2. The Kier molecular flexibility index (Phi) is 4.25. The van der Waals surface area contributed by atoms with Gasteiger partial charge in [0.15, 0.2) is 0 Å². The van der Waals surface area contributed by atoms with E-state index in [1.807, 2.05) is 31.2 Å². The van der Waals surface area contributed by atoms with E-state index in [4.69, 9.17) is 14.6 Å². The van der Waals surface area contributed by atoms with Crippen molar-refractivity contribution in [2.45, 2.75) is 13.5 Å². The van der Waals surface area contributed by atoms with Crippen LogP contribution in [0.1, 0.15) is 21.5 Å². The first-order valence-electron chi connectivity index (χ1n) is 6.20. The fourth-order valence-corrected chi connectivity index (χ4v) is 1.82. The molecule has 4 heteroatoms. The molecular formula is C16H16O4. The summed E-state index contributed by atoms with van der Waals surface area (Å²) in [5.74, 6) is 0.600. The second-order valence-corrected chi connectivity index (χ2v) is 4.41. The van der Waals surface area contributed by atoms with Gasteiger partial charge in [0.05, 0.1) is 12.7 Å². The van der Waals surface area contributed by atoms with Crippen molar-refractivity contribution < 1.29 is 19.4 Å². The number of aryl methyl sites for hydroxylation is 1. The summed E-state index contributed by atoms with van der Waals surface area (Å²) in [6.07, 6.45) is 0. The third-order valence-corrected chi connectivity index (χ3v) is 3.04. The quantitative estimate of drug-likeness (QED) is 0.907. The molecule has 0 atom stereocenters. The molecular weight excluding hydrogens is 256 g/mol. The second kappa shape index (κ2) is 6.10. The van der Waals surface area contributed by atoms with Crippen LogP contribution in [0.25, 0.3) is 0 Å². The zero-order valence-electron chi connectivity index (χ0n) is 11.4. The molecule has 1 N–H and O–H groups in total.